The third-order valence-electron chi connectivity index (χ3n) is 3.75. The van der Waals surface area contributed by atoms with E-state index in [0.717, 1.165) is 18.4 Å². The second-order valence-electron chi connectivity index (χ2n) is 5.71. The van der Waals surface area contributed by atoms with Crippen molar-refractivity contribution in [1.29, 1.82) is 0 Å². The monoisotopic (exact) mass is 220 g/mol. The molecule has 0 saturated heterocycles. The van der Waals surface area contributed by atoms with Crippen LogP contribution in [0.5, 0.6) is 0 Å². The molecular weight excluding hydrogens is 200 g/mol. The van der Waals surface area contributed by atoms with E-state index in [9.17, 15) is 4.79 Å². The van der Waals surface area contributed by atoms with Gasteiger partial charge in [0.05, 0.1) is 12.5 Å². The first kappa shape index (κ1) is 11.4. The van der Waals surface area contributed by atoms with Crippen LogP contribution in [-0.2, 0) is 11.2 Å². The SMILES string of the molecule is CC1(C)CCC(C(=O)Cc2ccoc2)CC1. The predicted octanol–water partition coefficient (Wildman–Crippen LogP) is 3.61. The molecule has 2 rings (SSSR count). The maximum absolute atomic E-state index is 12.0. The highest BCUT2D eigenvalue weighted by molar-refractivity contribution is 5.83. The maximum atomic E-state index is 12.0. The molecule has 1 aromatic rings. The normalized spacial score (nSPS) is 20.9. The zero-order valence-electron chi connectivity index (χ0n) is 10.2. The Balaban J connectivity index is 1.87. The molecule has 0 unspecified atom stereocenters. The molecule has 1 fully saturated rings. The first-order chi connectivity index (χ1) is 7.57. The number of hydrogen-bond donors (Lipinski definition) is 0. The first-order valence-corrected chi connectivity index (χ1v) is 6.11. The number of hydrogen-bond acceptors (Lipinski definition) is 2. The maximum Gasteiger partial charge on any atom is 0.140 e. The van der Waals surface area contributed by atoms with Gasteiger partial charge in [-0.05, 0) is 42.7 Å². The molecule has 1 aromatic heterocycles. The molecule has 1 aliphatic rings. The van der Waals surface area contributed by atoms with Crippen LogP contribution in [0.15, 0.2) is 23.0 Å². The number of rotatable bonds is 3. The first-order valence-electron chi connectivity index (χ1n) is 6.11. The van der Waals surface area contributed by atoms with Gasteiger partial charge in [0.15, 0.2) is 0 Å². The standard InChI is InChI=1S/C14H20O2/c1-14(2)6-3-12(4-7-14)13(15)9-11-5-8-16-10-11/h5,8,10,12H,3-4,6-7,9H2,1-2H3. The lowest BCUT2D eigenvalue weighted by Crippen LogP contribution is -2.27. The summed E-state index contributed by atoms with van der Waals surface area (Å²) in [4.78, 5) is 12.0. The minimum Gasteiger partial charge on any atom is -0.472 e. The summed E-state index contributed by atoms with van der Waals surface area (Å²) < 4.78 is 4.98. The Morgan fingerprint density at radius 3 is 2.69 bits per heavy atom. The van der Waals surface area contributed by atoms with E-state index in [0.29, 0.717) is 17.6 Å². The summed E-state index contributed by atoms with van der Waals surface area (Å²) in [6.07, 6.45) is 8.32. The molecule has 0 aromatic carbocycles. The van der Waals surface area contributed by atoms with Crippen LogP contribution in [0.1, 0.15) is 45.1 Å². The fourth-order valence-electron chi connectivity index (χ4n) is 2.46. The summed E-state index contributed by atoms with van der Waals surface area (Å²) in [5.74, 6) is 0.667. The number of carbonyl (C=O) groups excluding carboxylic acids is 1. The van der Waals surface area contributed by atoms with Crippen LogP contribution in [0.4, 0.5) is 0 Å². The molecular formula is C14H20O2. The van der Waals surface area contributed by atoms with Gasteiger partial charge in [0.25, 0.3) is 0 Å². The molecule has 16 heavy (non-hydrogen) atoms. The van der Waals surface area contributed by atoms with Crippen molar-refractivity contribution in [3.8, 4) is 0 Å². The van der Waals surface area contributed by atoms with Crippen molar-refractivity contribution < 1.29 is 9.21 Å². The number of ketones is 1. The van der Waals surface area contributed by atoms with E-state index in [4.69, 9.17) is 4.42 Å². The summed E-state index contributed by atoms with van der Waals surface area (Å²) in [5.41, 5.74) is 1.45. The van der Waals surface area contributed by atoms with Gasteiger partial charge in [-0.2, -0.15) is 0 Å². The van der Waals surface area contributed by atoms with Crippen LogP contribution in [0.3, 0.4) is 0 Å². The second kappa shape index (κ2) is 4.44. The lowest BCUT2D eigenvalue weighted by molar-refractivity contribution is -0.123. The van der Waals surface area contributed by atoms with Gasteiger partial charge < -0.3 is 4.42 Å². The summed E-state index contributed by atoms with van der Waals surface area (Å²) >= 11 is 0. The van der Waals surface area contributed by atoms with Crippen molar-refractivity contribution in [2.75, 3.05) is 0 Å². The van der Waals surface area contributed by atoms with E-state index in [1.165, 1.54) is 12.8 Å². The highest BCUT2D eigenvalue weighted by Crippen LogP contribution is 2.38. The van der Waals surface area contributed by atoms with Gasteiger partial charge in [0, 0.05) is 12.3 Å². The van der Waals surface area contributed by atoms with E-state index < -0.39 is 0 Å². The molecule has 0 amide bonds. The quantitative estimate of drug-likeness (QED) is 0.779. The molecule has 2 nitrogen and oxygen atoms in total. The highest BCUT2D eigenvalue weighted by Gasteiger charge is 2.30. The fourth-order valence-corrected chi connectivity index (χ4v) is 2.46. The van der Waals surface area contributed by atoms with Gasteiger partial charge in [0.1, 0.15) is 5.78 Å². The molecule has 1 heterocycles. The topological polar surface area (TPSA) is 30.2 Å². The number of furan rings is 1. The molecule has 2 heteroatoms. The van der Waals surface area contributed by atoms with Crippen LogP contribution < -0.4 is 0 Å². The third-order valence-corrected chi connectivity index (χ3v) is 3.75. The molecule has 0 radical (unpaired) electrons. The largest absolute Gasteiger partial charge is 0.472 e. The lowest BCUT2D eigenvalue weighted by atomic mass is 9.71. The summed E-state index contributed by atoms with van der Waals surface area (Å²) in [5, 5.41) is 0. The van der Waals surface area contributed by atoms with Gasteiger partial charge in [0.2, 0.25) is 0 Å². The van der Waals surface area contributed by atoms with E-state index in [1.807, 2.05) is 6.07 Å². The Hall–Kier alpha value is -1.05. The zero-order valence-corrected chi connectivity index (χ0v) is 10.2. The summed E-state index contributed by atoms with van der Waals surface area (Å²) in [6.45, 7) is 4.59. The zero-order chi connectivity index (χ0) is 11.6. The molecule has 1 saturated carbocycles. The van der Waals surface area contributed by atoms with Crippen molar-refractivity contribution in [2.24, 2.45) is 11.3 Å². The van der Waals surface area contributed by atoms with Crippen LogP contribution in [0.2, 0.25) is 0 Å². The number of carbonyl (C=O) groups is 1. The van der Waals surface area contributed by atoms with Crippen molar-refractivity contribution in [3.63, 3.8) is 0 Å². The smallest absolute Gasteiger partial charge is 0.140 e. The number of Topliss-reactive ketones (excluding diaryl/α,β-unsaturated/α-hetero) is 1. The predicted molar refractivity (Wildman–Crippen MR) is 63.2 cm³/mol. The molecule has 0 N–H and O–H groups in total. The van der Waals surface area contributed by atoms with Gasteiger partial charge in [-0.25, -0.2) is 0 Å². The Morgan fingerprint density at radius 2 is 2.12 bits per heavy atom. The minimum absolute atomic E-state index is 0.280. The Morgan fingerprint density at radius 1 is 1.44 bits per heavy atom. The summed E-state index contributed by atoms with van der Waals surface area (Å²) in [6, 6.07) is 1.88. The molecule has 0 spiro atoms. The van der Waals surface area contributed by atoms with E-state index in [-0.39, 0.29) is 5.92 Å². The minimum atomic E-state index is 0.280. The van der Waals surface area contributed by atoms with Crippen molar-refractivity contribution >= 4 is 5.78 Å². The average molecular weight is 220 g/mol. The van der Waals surface area contributed by atoms with Crippen LogP contribution in [0.25, 0.3) is 0 Å². The Kier molecular flexibility index (Phi) is 3.17. The molecule has 88 valence electrons. The molecule has 0 bridgehead atoms. The second-order valence-corrected chi connectivity index (χ2v) is 5.71. The van der Waals surface area contributed by atoms with Crippen LogP contribution in [-0.4, -0.2) is 5.78 Å². The molecule has 1 aliphatic carbocycles. The Labute approximate surface area is 97.0 Å². The van der Waals surface area contributed by atoms with E-state index in [2.05, 4.69) is 13.8 Å². The highest BCUT2D eigenvalue weighted by atomic mass is 16.3. The van der Waals surface area contributed by atoms with Crippen LogP contribution >= 0.6 is 0 Å². The van der Waals surface area contributed by atoms with Crippen LogP contribution in [0, 0.1) is 11.3 Å². The summed E-state index contributed by atoms with van der Waals surface area (Å²) in [7, 11) is 0. The lowest BCUT2D eigenvalue weighted by Gasteiger charge is -2.33. The van der Waals surface area contributed by atoms with Gasteiger partial charge in [-0.1, -0.05) is 13.8 Å². The Bertz CT molecular complexity index is 339. The van der Waals surface area contributed by atoms with E-state index in [1.54, 1.807) is 12.5 Å². The van der Waals surface area contributed by atoms with E-state index >= 15 is 0 Å². The van der Waals surface area contributed by atoms with Gasteiger partial charge in [-0.3, -0.25) is 4.79 Å². The molecule has 0 aliphatic heterocycles. The van der Waals surface area contributed by atoms with Gasteiger partial charge >= 0.3 is 0 Å². The fraction of sp³-hybridized carbons (Fsp3) is 0.643. The molecule has 0 atom stereocenters. The van der Waals surface area contributed by atoms with Crippen molar-refractivity contribution in [1.82, 2.24) is 0 Å². The van der Waals surface area contributed by atoms with Crippen molar-refractivity contribution in [2.45, 2.75) is 46.0 Å². The van der Waals surface area contributed by atoms with Crippen molar-refractivity contribution in [3.05, 3.63) is 24.2 Å². The van der Waals surface area contributed by atoms with Gasteiger partial charge in [-0.15, -0.1) is 0 Å². The average Bonchev–Trinajstić information content (AvgIpc) is 2.70. The third kappa shape index (κ3) is 2.75.